The number of hydrogen-bond donors (Lipinski definition) is 4. The average Bonchev–Trinajstić information content (AvgIpc) is 4.25. The fourth-order valence-electron chi connectivity index (χ4n) is 12.4. The Bertz CT molecular complexity index is 3330. The molecule has 0 aliphatic carbocycles. The first-order chi connectivity index (χ1) is 39.1. The number of aromatic nitrogens is 6. The molecule has 12 rings (SSSR count). The first-order valence-corrected chi connectivity index (χ1v) is 31.1. The molecule has 3 fully saturated rings. The van der Waals surface area contributed by atoms with Crippen molar-refractivity contribution in [3.63, 3.8) is 0 Å². The summed E-state index contributed by atoms with van der Waals surface area (Å²) in [5, 5.41) is 0. The Morgan fingerprint density at radius 2 is 1.06 bits per heavy atom. The summed E-state index contributed by atoms with van der Waals surface area (Å²) in [7, 11) is -1.91. The smallest absolute Gasteiger partial charge is 0.190 e. The van der Waals surface area contributed by atoms with Crippen molar-refractivity contribution in [1.29, 1.82) is 4.78 Å². The lowest BCUT2D eigenvalue weighted by molar-refractivity contribution is 0.128. The van der Waals surface area contributed by atoms with Crippen LogP contribution >= 0.6 is 0 Å². The summed E-state index contributed by atoms with van der Waals surface area (Å²) < 4.78 is 24.7. The minimum absolute atomic E-state index is 0.361. The van der Waals surface area contributed by atoms with Crippen LogP contribution in [0.15, 0.2) is 163 Å². The van der Waals surface area contributed by atoms with Gasteiger partial charge in [-0.15, -0.1) is 0 Å². The van der Waals surface area contributed by atoms with Crippen LogP contribution in [-0.4, -0.2) is 108 Å². The molecule has 3 aliphatic heterocycles. The van der Waals surface area contributed by atoms with Gasteiger partial charge in [0, 0.05) is 25.4 Å². The third kappa shape index (κ3) is 15.9. The van der Waals surface area contributed by atoms with E-state index in [0.717, 1.165) is 113 Å². The summed E-state index contributed by atoms with van der Waals surface area (Å²) in [5.74, 6) is 6.34. The third-order valence-corrected chi connectivity index (χ3v) is 18.6. The molecule has 0 amide bonds. The van der Waals surface area contributed by atoms with Crippen LogP contribution in [0, 0.1) is 28.5 Å². The van der Waals surface area contributed by atoms with Gasteiger partial charge in [0.05, 0.1) is 51.7 Å². The van der Waals surface area contributed by atoms with Gasteiger partial charge in [-0.05, 0) is 193 Å². The van der Waals surface area contributed by atoms with Gasteiger partial charge >= 0.3 is 0 Å². The zero-order valence-electron chi connectivity index (χ0n) is 47.4. The number of piperidine rings is 3. The van der Waals surface area contributed by atoms with Gasteiger partial charge in [0.15, 0.2) is 10.0 Å². The molecule has 4 atom stereocenters. The van der Waals surface area contributed by atoms with Crippen molar-refractivity contribution in [2.45, 2.75) is 108 Å². The molecule has 4 unspecified atom stereocenters. The Morgan fingerprint density at radius 1 is 0.575 bits per heavy atom. The van der Waals surface area contributed by atoms with E-state index in [1.54, 1.807) is 18.2 Å². The molecule has 3 saturated heterocycles. The van der Waals surface area contributed by atoms with Crippen LogP contribution in [0.4, 0.5) is 0 Å². The summed E-state index contributed by atoms with van der Waals surface area (Å²) in [6, 6.07) is 55.0. The minimum atomic E-state index is -3.20. The van der Waals surface area contributed by atoms with Gasteiger partial charge < -0.3 is 24.8 Å². The van der Waals surface area contributed by atoms with Crippen LogP contribution in [-0.2, 0) is 52.8 Å². The van der Waals surface area contributed by atoms with E-state index < -0.39 is 10.0 Å². The van der Waals surface area contributed by atoms with Crippen LogP contribution in [0.5, 0.6) is 0 Å². The summed E-state index contributed by atoms with van der Waals surface area (Å²) in [6.45, 7) is 13.9. The quantitative estimate of drug-likeness (QED) is 0.0664. The molecule has 6 aromatic carbocycles. The normalized spacial score (nSPS) is 19.0. The third-order valence-electron chi connectivity index (χ3n) is 17.2. The van der Waals surface area contributed by atoms with Crippen LogP contribution < -0.4 is 0 Å². The zero-order chi connectivity index (χ0) is 55.1. The van der Waals surface area contributed by atoms with Gasteiger partial charge in [-0.2, -0.15) is 0 Å². The number of aryl methyl sites for hydroxylation is 2. The Hall–Kier alpha value is -6.48. The number of nitrogens with zero attached hydrogens (tertiary/aromatic N) is 6. The van der Waals surface area contributed by atoms with Crippen LogP contribution in [0.3, 0.4) is 0 Å². The number of imidazole rings is 3. The molecule has 13 heteroatoms. The number of aromatic amines is 3. The van der Waals surface area contributed by atoms with Gasteiger partial charge in [-0.25, -0.2) is 23.9 Å². The van der Waals surface area contributed by atoms with Gasteiger partial charge in [0.25, 0.3) is 0 Å². The molecule has 420 valence electrons. The fourth-order valence-corrected chi connectivity index (χ4v) is 13.1. The maximum absolute atomic E-state index is 12.1. The minimum Gasteiger partial charge on any atom is -0.342 e. The van der Waals surface area contributed by atoms with Crippen molar-refractivity contribution >= 4 is 43.1 Å². The van der Waals surface area contributed by atoms with Gasteiger partial charge in [0.2, 0.25) is 0 Å². The average molecular weight is 1090 g/mol. The summed E-state index contributed by atoms with van der Waals surface area (Å²) in [4.78, 5) is 32.4. The lowest BCUT2D eigenvalue weighted by Gasteiger charge is -2.37. The first kappa shape index (κ1) is 56.8. The highest BCUT2D eigenvalue weighted by Crippen LogP contribution is 2.29. The first-order valence-electron chi connectivity index (χ1n) is 29.6. The van der Waals surface area contributed by atoms with Crippen LogP contribution in [0.1, 0.15) is 93.0 Å². The monoisotopic (exact) mass is 1090 g/mol. The maximum Gasteiger partial charge on any atom is 0.190 e. The molecule has 3 aromatic heterocycles. The van der Waals surface area contributed by atoms with Crippen molar-refractivity contribution in [2.75, 3.05) is 52.9 Å². The van der Waals surface area contributed by atoms with E-state index in [9.17, 15) is 4.21 Å². The second-order valence-corrected chi connectivity index (χ2v) is 24.8. The number of fused-ring (bicyclic) bond motifs is 3. The standard InChI is InChI=1S/2C23H29N3.C21H26N4O2S/c1-18-17-26(15-13-20(18)16-19-8-3-2-4-9-19)14-7-12-23-24-21-10-5-6-11-22(21)25-23;1-18(11-12-23-24-21-9-5-6-10-22(21)25-23)26-15-13-20(14-16-26)17-19-7-3-2-4-8-19;1-27-28(22,26)18-7-8-19-20(14-18)24-21(23-19)15-25-11-9-17(10-12-25)13-16-5-3-2-4-6-16/h2-6,8-11,18,20H,7,12-17H2,1H3,(H,24,25);2-10,18,20H,11-17H2,1H3,(H,24,25);2-8,14,17,22H,9-13,15H2,1H3,(H,23,24). The highest BCUT2D eigenvalue weighted by molar-refractivity contribution is 7.87. The maximum atomic E-state index is 12.1. The summed E-state index contributed by atoms with van der Waals surface area (Å²) in [5.41, 5.74) is 10.5. The lowest BCUT2D eigenvalue weighted by Crippen LogP contribution is -2.40. The van der Waals surface area contributed by atoms with E-state index in [2.05, 4.69) is 182 Å². The van der Waals surface area contributed by atoms with E-state index >= 15 is 0 Å². The second kappa shape index (κ2) is 27.8. The van der Waals surface area contributed by atoms with Crippen molar-refractivity contribution in [2.24, 2.45) is 23.7 Å². The molecule has 9 aromatic rings. The van der Waals surface area contributed by atoms with Gasteiger partial charge in [0.1, 0.15) is 17.5 Å². The van der Waals surface area contributed by atoms with Crippen molar-refractivity contribution in [3.05, 3.63) is 192 Å². The number of para-hydroxylation sites is 4. The Balaban J connectivity index is 0.000000135. The number of hydrogen-bond acceptors (Lipinski definition) is 9. The number of H-pyrrole nitrogens is 3. The van der Waals surface area contributed by atoms with Crippen molar-refractivity contribution in [3.8, 4) is 0 Å². The molecule has 4 N–H and O–H groups in total. The lowest BCUT2D eigenvalue weighted by atomic mass is 9.82. The molecule has 0 spiro atoms. The molecular formula is C67H84N10O2S. The Kier molecular flexibility index (Phi) is 19.7. The van der Waals surface area contributed by atoms with Gasteiger partial charge in [-0.1, -0.05) is 122 Å². The largest absolute Gasteiger partial charge is 0.342 e. The number of nitrogens with one attached hydrogen (secondary N) is 4. The molecule has 0 radical (unpaired) electrons. The molecule has 6 heterocycles. The highest BCUT2D eigenvalue weighted by Gasteiger charge is 2.27. The molecule has 3 aliphatic rings. The van der Waals surface area contributed by atoms with E-state index in [4.69, 9.17) is 18.9 Å². The molecule has 0 saturated carbocycles. The molecule has 12 nitrogen and oxygen atoms in total. The second-order valence-electron chi connectivity index (χ2n) is 23.0. The van der Waals surface area contributed by atoms with Crippen LogP contribution in [0.25, 0.3) is 33.1 Å². The molecule has 80 heavy (non-hydrogen) atoms. The van der Waals surface area contributed by atoms with E-state index in [1.807, 2.05) is 6.07 Å². The number of likely N-dealkylation sites (tertiary alicyclic amines) is 3. The summed E-state index contributed by atoms with van der Waals surface area (Å²) in [6.07, 6.45) is 14.4. The number of benzene rings is 6. The fraction of sp³-hybridized carbons (Fsp3) is 0.418. The van der Waals surface area contributed by atoms with Crippen LogP contribution in [0.2, 0.25) is 0 Å². The van der Waals surface area contributed by atoms with E-state index in [-0.39, 0.29) is 0 Å². The van der Waals surface area contributed by atoms with E-state index in [0.29, 0.717) is 10.9 Å². The molecular weight excluding hydrogens is 1010 g/mol. The molecule has 0 bridgehead atoms. The Labute approximate surface area is 475 Å². The highest BCUT2D eigenvalue weighted by atomic mass is 32.2. The SMILES string of the molecule is CC(CCc1nc2ccccc2[nH]1)N1CCC(Cc2ccccc2)CC1.CC1CN(CCCc2nc3ccccc3[nH]2)CCC1Cc1ccccc1.COS(=N)(=O)c1ccc2nc(CN3CCC(Cc4ccccc4)CC3)[nH]c2c1. The van der Waals surface area contributed by atoms with E-state index in [1.165, 1.54) is 114 Å². The predicted molar refractivity (Wildman–Crippen MR) is 327 cm³/mol. The predicted octanol–water partition coefficient (Wildman–Crippen LogP) is 13.5. The van der Waals surface area contributed by atoms with Crippen molar-refractivity contribution < 1.29 is 8.39 Å². The van der Waals surface area contributed by atoms with Gasteiger partial charge in [-0.3, -0.25) is 9.08 Å². The van der Waals surface area contributed by atoms with Crippen molar-refractivity contribution in [1.82, 2.24) is 44.6 Å². The summed E-state index contributed by atoms with van der Waals surface area (Å²) >= 11 is 0. The topological polar surface area (TPSA) is 146 Å². The Morgan fingerprint density at radius 3 is 1.62 bits per heavy atom. The zero-order valence-corrected chi connectivity index (χ0v) is 48.3. The number of rotatable bonds is 18.